The third-order valence-corrected chi connectivity index (χ3v) is 7.56. The van der Waals surface area contributed by atoms with Gasteiger partial charge in [0.15, 0.2) is 0 Å². The lowest BCUT2D eigenvalue weighted by Gasteiger charge is -2.32. The number of quaternary nitrogens is 1. The molecule has 1 heterocycles. The minimum Gasteiger partial charge on any atom is -0.468 e. The highest BCUT2D eigenvalue weighted by Gasteiger charge is 2.46. The van der Waals surface area contributed by atoms with Gasteiger partial charge in [-0.1, -0.05) is 63.1 Å². The summed E-state index contributed by atoms with van der Waals surface area (Å²) < 4.78 is 53.4. The molecule has 0 N–H and O–H groups in total. The number of esters is 2. The lowest BCUT2D eigenvalue weighted by atomic mass is 9.74. The lowest BCUT2D eigenvalue weighted by Crippen LogP contribution is -2.37. The van der Waals surface area contributed by atoms with Gasteiger partial charge in [-0.3, -0.25) is 9.79 Å². The van der Waals surface area contributed by atoms with Gasteiger partial charge in [0, 0.05) is 17.3 Å². The molecule has 0 aliphatic carbocycles. The van der Waals surface area contributed by atoms with E-state index < -0.39 is 35.5 Å². The van der Waals surface area contributed by atoms with E-state index >= 15 is 0 Å². The Morgan fingerprint density at radius 2 is 1.41 bits per heavy atom. The average molecular weight is 582 g/mol. The molecule has 0 saturated carbocycles. The van der Waals surface area contributed by atoms with E-state index in [0.29, 0.717) is 6.42 Å². The SMILES string of the molecule is COC(=O)C1C(C)=NC(C)=C(C(=O)OCCCCCCCCCCCC[N+](C)(C)C)C1c1ccccc1C(F)(F)F. The maximum Gasteiger partial charge on any atom is 0.416 e. The van der Waals surface area contributed by atoms with Crippen molar-refractivity contribution in [2.24, 2.45) is 10.9 Å². The smallest absolute Gasteiger partial charge is 0.416 e. The van der Waals surface area contributed by atoms with Gasteiger partial charge in [0.25, 0.3) is 0 Å². The second-order valence-electron chi connectivity index (χ2n) is 12.0. The molecule has 230 valence electrons. The Morgan fingerprint density at radius 3 is 1.95 bits per heavy atom. The Morgan fingerprint density at radius 1 is 0.878 bits per heavy atom. The van der Waals surface area contributed by atoms with Crippen molar-refractivity contribution in [3.63, 3.8) is 0 Å². The summed E-state index contributed by atoms with van der Waals surface area (Å²) in [6.07, 6.45) is 6.56. The summed E-state index contributed by atoms with van der Waals surface area (Å²) in [5, 5.41) is 0. The summed E-state index contributed by atoms with van der Waals surface area (Å²) in [7, 11) is 7.83. The highest BCUT2D eigenvalue weighted by Crippen LogP contribution is 2.44. The van der Waals surface area contributed by atoms with Crippen LogP contribution in [0, 0.1) is 5.92 Å². The van der Waals surface area contributed by atoms with E-state index in [9.17, 15) is 22.8 Å². The van der Waals surface area contributed by atoms with Gasteiger partial charge in [0.05, 0.1) is 52.5 Å². The average Bonchev–Trinajstić information content (AvgIpc) is 2.89. The second kappa shape index (κ2) is 16.1. The first-order valence-corrected chi connectivity index (χ1v) is 14.8. The molecule has 0 radical (unpaired) electrons. The molecule has 1 aliphatic rings. The van der Waals surface area contributed by atoms with Gasteiger partial charge in [-0.05, 0) is 44.7 Å². The number of hydrogen-bond donors (Lipinski definition) is 0. The molecule has 2 rings (SSSR count). The van der Waals surface area contributed by atoms with Crippen LogP contribution in [-0.2, 0) is 25.2 Å². The number of unbranched alkanes of at least 4 members (excludes halogenated alkanes) is 9. The van der Waals surface area contributed by atoms with E-state index in [1.54, 1.807) is 13.8 Å². The quantitative estimate of drug-likeness (QED) is 0.115. The third-order valence-electron chi connectivity index (χ3n) is 7.56. The summed E-state index contributed by atoms with van der Waals surface area (Å²) >= 11 is 0. The van der Waals surface area contributed by atoms with Gasteiger partial charge in [-0.15, -0.1) is 0 Å². The zero-order valence-electron chi connectivity index (χ0n) is 25.6. The summed E-state index contributed by atoms with van der Waals surface area (Å²) in [5.74, 6) is -3.90. The number of benzene rings is 1. The Bertz CT molecular complexity index is 1070. The third kappa shape index (κ3) is 10.9. The van der Waals surface area contributed by atoms with E-state index in [1.807, 2.05) is 0 Å². The fourth-order valence-electron chi connectivity index (χ4n) is 5.44. The van der Waals surface area contributed by atoms with Crippen molar-refractivity contribution in [1.82, 2.24) is 0 Å². The van der Waals surface area contributed by atoms with Crippen LogP contribution in [0.3, 0.4) is 0 Å². The highest BCUT2D eigenvalue weighted by atomic mass is 19.4. The normalized spacial score (nSPS) is 17.8. The fraction of sp³-hybridized carbons (Fsp3) is 0.656. The van der Waals surface area contributed by atoms with Gasteiger partial charge in [0.1, 0.15) is 5.92 Å². The monoisotopic (exact) mass is 581 g/mol. The summed E-state index contributed by atoms with van der Waals surface area (Å²) in [6, 6.07) is 5.00. The number of carbonyl (C=O) groups is 2. The minimum absolute atomic E-state index is 0.0378. The molecule has 2 unspecified atom stereocenters. The zero-order chi connectivity index (χ0) is 30.6. The van der Waals surface area contributed by atoms with Crippen LogP contribution >= 0.6 is 0 Å². The molecule has 1 aromatic rings. The summed E-state index contributed by atoms with van der Waals surface area (Å²) in [4.78, 5) is 30.4. The second-order valence-corrected chi connectivity index (χ2v) is 12.0. The molecule has 0 spiro atoms. The number of halogens is 3. The van der Waals surface area contributed by atoms with Crippen molar-refractivity contribution in [2.45, 2.75) is 90.1 Å². The molecule has 9 heteroatoms. The van der Waals surface area contributed by atoms with Crippen LogP contribution in [0.5, 0.6) is 0 Å². The first kappa shape index (κ1) is 34.5. The van der Waals surface area contributed by atoms with Crippen molar-refractivity contribution < 1.29 is 36.7 Å². The fourth-order valence-corrected chi connectivity index (χ4v) is 5.44. The predicted octanol–water partition coefficient (Wildman–Crippen LogP) is 7.48. The van der Waals surface area contributed by atoms with Crippen molar-refractivity contribution in [3.05, 3.63) is 46.7 Å². The van der Waals surface area contributed by atoms with Crippen LogP contribution in [0.1, 0.15) is 95.1 Å². The molecule has 0 amide bonds. The van der Waals surface area contributed by atoms with E-state index in [4.69, 9.17) is 9.47 Å². The number of alkyl halides is 3. The number of ether oxygens (including phenoxy) is 2. The molecule has 0 saturated heterocycles. The molecule has 2 atom stereocenters. The summed E-state index contributed by atoms with van der Waals surface area (Å²) in [5.41, 5.74) is -0.589. The number of allylic oxidation sites excluding steroid dienone is 1. The first-order chi connectivity index (χ1) is 19.3. The van der Waals surface area contributed by atoms with Gasteiger partial charge < -0.3 is 14.0 Å². The molecule has 1 aliphatic heterocycles. The molecule has 1 aromatic carbocycles. The Balaban J connectivity index is 1.93. The topological polar surface area (TPSA) is 65.0 Å². The van der Waals surface area contributed by atoms with Gasteiger partial charge in [-0.25, -0.2) is 4.79 Å². The maximum absolute atomic E-state index is 14.0. The first-order valence-electron chi connectivity index (χ1n) is 14.8. The van der Waals surface area contributed by atoms with E-state index in [-0.39, 0.29) is 29.2 Å². The van der Waals surface area contributed by atoms with Crippen LogP contribution in [0.4, 0.5) is 13.2 Å². The Labute approximate surface area is 243 Å². The van der Waals surface area contributed by atoms with Crippen molar-refractivity contribution in [1.29, 1.82) is 0 Å². The van der Waals surface area contributed by atoms with Crippen molar-refractivity contribution in [2.75, 3.05) is 41.4 Å². The van der Waals surface area contributed by atoms with Crippen LogP contribution < -0.4 is 0 Å². The number of aliphatic imine (C=N–C) groups is 1. The van der Waals surface area contributed by atoms with E-state index in [0.717, 1.165) is 29.8 Å². The molecule has 0 bridgehead atoms. The zero-order valence-corrected chi connectivity index (χ0v) is 25.6. The van der Waals surface area contributed by atoms with E-state index in [2.05, 4.69) is 26.1 Å². The molecule has 0 fully saturated rings. The maximum atomic E-state index is 14.0. The number of rotatable bonds is 16. The molecule has 0 aromatic heterocycles. The Kier molecular flexibility index (Phi) is 13.5. The van der Waals surface area contributed by atoms with Crippen LogP contribution in [0.15, 0.2) is 40.5 Å². The number of nitrogens with zero attached hydrogens (tertiary/aromatic N) is 2. The number of hydrogen-bond acceptors (Lipinski definition) is 5. The van der Waals surface area contributed by atoms with Gasteiger partial charge >= 0.3 is 18.1 Å². The molecular formula is C32H48F3N2O4+. The minimum atomic E-state index is -4.67. The molecular weight excluding hydrogens is 533 g/mol. The predicted molar refractivity (Wildman–Crippen MR) is 156 cm³/mol. The Hall–Kier alpha value is -2.68. The van der Waals surface area contributed by atoms with Crippen molar-refractivity contribution >= 4 is 17.7 Å². The van der Waals surface area contributed by atoms with Crippen LogP contribution in [0.25, 0.3) is 0 Å². The molecule has 6 nitrogen and oxygen atoms in total. The van der Waals surface area contributed by atoms with Gasteiger partial charge in [-0.2, -0.15) is 13.2 Å². The number of carbonyl (C=O) groups excluding carboxylic acids is 2. The molecule has 41 heavy (non-hydrogen) atoms. The van der Waals surface area contributed by atoms with Crippen molar-refractivity contribution in [3.8, 4) is 0 Å². The van der Waals surface area contributed by atoms with Gasteiger partial charge in [0.2, 0.25) is 0 Å². The highest BCUT2D eigenvalue weighted by molar-refractivity contribution is 6.07. The lowest BCUT2D eigenvalue weighted by molar-refractivity contribution is -0.870. The van der Waals surface area contributed by atoms with Crippen LogP contribution in [-0.4, -0.2) is 63.5 Å². The summed E-state index contributed by atoms with van der Waals surface area (Å²) in [6.45, 7) is 4.48. The number of methoxy groups -OCH3 is 1. The standard InChI is InChI=1S/C32H48F3N2O4/c1-23-27(30(38)40-6)29(25-19-15-16-20-26(25)32(33,34)35)28(24(2)36-23)31(39)41-22-18-14-12-10-8-7-9-11-13-17-21-37(3,4)5/h15-16,19-20,27,29H,7-14,17-18,21-22H2,1-6H3/q+1. The van der Waals surface area contributed by atoms with Crippen LogP contribution in [0.2, 0.25) is 0 Å². The van der Waals surface area contributed by atoms with E-state index in [1.165, 1.54) is 70.4 Å². The largest absolute Gasteiger partial charge is 0.468 e.